The Morgan fingerprint density at radius 1 is 1.47 bits per heavy atom. The molecule has 2 atom stereocenters. The van der Waals surface area contributed by atoms with Crippen molar-refractivity contribution >= 4 is 5.91 Å². The summed E-state index contributed by atoms with van der Waals surface area (Å²) in [5.41, 5.74) is 1.68. The van der Waals surface area contributed by atoms with Crippen LogP contribution >= 0.6 is 0 Å². The molecule has 0 heterocycles. The van der Waals surface area contributed by atoms with Gasteiger partial charge in [-0.05, 0) is 30.5 Å². The highest BCUT2D eigenvalue weighted by Crippen LogP contribution is 2.24. The summed E-state index contributed by atoms with van der Waals surface area (Å²) in [6, 6.07) is 7.05. The predicted molar refractivity (Wildman–Crippen MR) is 70.2 cm³/mol. The highest BCUT2D eigenvalue weighted by molar-refractivity contribution is 5.72. The Kier molecular flexibility index (Phi) is 5.49. The molecule has 3 N–H and O–H groups in total. The Morgan fingerprint density at radius 3 is 2.74 bits per heavy atom. The lowest BCUT2D eigenvalue weighted by Gasteiger charge is -2.20. The van der Waals surface area contributed by atoms with Gasteiger partial charge in [0.05, 0.1) is 17.7 Å². The number of hydrogen-bond acceptors (Lipinski definition) is 4. The molecule has 1 aromatic carbocycles. The van der Waals surface area contributed by atoms with Crippen molar-refractivity contribution in [1.82, 2.24) is 5.32 Å². The molecule has 19 heavy (non-hydrogen) atoms. The highest BCUT2D eigenvalue weighted by Gasteiger charge is 2.20. The summed E-state index contributed by atoms with van der Waals surface area (Å²) in [5, 5.41) is 31.5. The number of nitrogens with one attached hydrogen (secondary N) is 1. The van der Waals surface area contributed by atoms with Crippen molar-refractivity contribution in [3.63, 3.8) is 0 Å². The van der Waals surface area contributed by atoms with Gasteiger partial charge in [-0.2, -0.15) is 5.26 Å². The molecule has 102 valence electrons. The number of rotatable bonds is 5. The number of amides is 1. The van der Waals surface area contributed by atoms with Gasteiger partial charge >= 0.3 is 0 Å². The summed E-state index contributed by atoms with van der Waals surface area (Å²) in [5.74, 6) is -0.177. The molecular formula is C14H18N2O3. The second kappa shape index (κ2) is 6.88. The smallest absolute Gasteiger partial charge is 0.216 e. The van der Waals surface area contributed by atoms with E-state index in [1.807, 2.05) is 6.07 Å². The lowest BCUT2D eigenvalue weighted by Crippen LogP contribution is -2.28. The van der Waals surface area contributed by atoms with Gasteiger partial charge in [-0.15, -0.1) is 0 Å². The van der Waals surface area contributed by atoms with Crippen LogP contribution in [0.5, 0.6) is 0 Å². The number of nitriles is 1. The molecule has 5 heteroatoms. The van der Waals surface area contributed by atoms with Crippen LogP contribution in [0, 0.1) is 18.3 Å². The predicted octanol–water partition coefficient (Wildman–Crippen LogP) is 0.787. The second-order valence-corrected chi connectivity index (χ2v) is 4.42. The third-order valence-electron chi connectivity index (χ3n) is 2.99. The minimum absolute atomic E-state index is 0.177. The first-order valence-electron chi connectivity index (χ1n) is 6.07. The van der Waals surface area contributed by atoms with Crippen molar-refractivity contribution in [2.45, 2.75) is 32.5 Å². The molecule has 0 aromatic heterocycles. The second-order valence-electron chi connectivity index (χ2n) is 4.42. The molecule has 0 bridgehead atoms. The molecule has 0 fully saturated rings. The van der Waals surface area contributed by atoms with E-state index in [4.69, 9.17) is 5.26 Å². The molecule has 1 amide bonds. The molecule has 0 aliphatic carbocycles. The Morgan fingerprint density at radius 2 is 2.16 bits per heavy atom. The third kappa shape index (κ3) is 4.05. The summed E-state index contributed by atoms with van der Waals surface area (Å²) in [7, 11) is 0. The number of aliphatic hydroxyl groups excluding tert-OH is 2. The van der Waals surface area contributed by atoms with E-state index < -0.39 is 12.2 Å². The van der Waals surface area contributed by atoms with Crippen molar-refractivity contribution < 1.29 is 15.0 Å². The summed E-state index contributed by atoms with van der Waals surface area (Å²) >= 11 is 0. The zero-order chi connectivity index (χ0) is 14.4. The number of carbonyl (C=O) groups excluding carboxylic acids is 1. The normalized spacial score (nSPS) is 13.4. The molecule has 0 radical (unpaired) electrons. The summed E-state index contributed by atoms with van der Waals surface area (Å²) in [4.78, 5) is 10.7. The van der Waals surface area contributed by atoms with Crippen molar-refractivity contribution in [2.75, 3.05) is 6.54 Å². The zero-order valence-corrected chi connectivity index (χ0v) is 11.1. The Balaban J connectivity index is 2.74. The maximum Gasteiger partial charge on any atom is 0.216 e. The molecule has 0 aliphatic rings. The fourth-order valence-electron chi connectivity index (χ4n) is 1.86. The van der Waals surface area contributed by atoms with Gasteiger partial charge in [0.25, 0.3) is 0 Å². The fourth-order valence-corrected chi connectivity index (χ4v) is 1.86. The average molecular weight is 262 g/mol. The van der Waals surface area contributed by atoms with Crippen molar-refractivity contribution in [1.29, 1.82) is 5.26 Å². The van der Waals surface area contributed by atoms with Crippen molar-refractivity contribution in [2.24, 2.45) is 0 Å². The molecule has 2 unspecified atom stereocenters. The van der Waals surface area contributed by atoms with E-state index >= 15 is 0 Å². The topological polar surface area (TPSA) is 93.3 Å². The van der Waals surface area contributed by atoms with Gasteiger partial charge in [-0.25, -0.2) is 0 Å². The largest absolute Gasteiger partial charge is 0.390 e. The van der Waals surface area contributed by atoms with E-state index in [0.717, 1.165) is 0 Å². The molecule has 1 aromatic rings. The van der Waals surface area contributed by atoms with Gasteiger partial charge < -0.3 is 15.5 Å². The van der Waals surface area contributed by atoms with Gasteiger partial charge in [-0.1, -0.05) is 12.1 Å². The van der Waals surface area contributed by atoms with E-state index in [1.165, 1.54) is 6.92 Å². The Bertz CT molecular complexity index is 494. The van der Waals surface area contributed by atoms with E-state index in [1.54, 1.807) is 25.1 Å². The van der Waals surface area contributed by atoms with Crippen LogP contribution in [0.1, 0.15) is 36.1 Å². The summed E-state index contributed by atoms with van der Waals surface area (Å²) < 4.78 is 0. The Labute approximate surface area is 112 Å². The van der Waals surface area contributed by atoms with E-state index in [9.17, 15) is 15.0 Å². The van der Waals surface area contributed by atoms with Crippen LogP contribution in [-0.2, 0) is 4.79 Å². The summed E-state index contributed by atoms with van der Waals surface area (Å²) in [6.07, 6.45) is -1.81. The van der Waals surface area contributed by atoms with Crippen LogP contribution in [-0.4, -0.2) is 28.8 Å². The van der Waals surface area contributed by atoms with E-state index in [-0.39, 0.29) is 12.3 Å². The van der Waals surface area contributed by atoms with Gasteiger partial charge in [0.1, 0.15) is 6.10 Å². The number of aliphatic hydroxyl groups is 2. The lowest BCUT2D eigenvalue weighted by molar-refractivity contribution is -0.119. The van der Waals surface area contributed by atoms with E-state index in [0.29, 0.717) is 23.2 Å². The average Bonchev–Trinajstić information content (AvgIpc) is 2.37. The molecule has 0 saturated carbocycles. The maximum absolute atomic E-state index is 10.7. The first-order chi connectivity index (χ1) is 8.97. The van der Waals surface area contributed by atoms with Crippen molar-refractivity contribution in [3.8, 4) is 6.07 Å². The Hall–Kier alpha value is -1.90. The van der Waals surface area contributed by atoms with Gasteiger partial charge in [-0.3, -0.25) is 4.79 Å². The number of hydrogen-bond donors (Lipinski definition) is 3. The zero-order valence-electron chi connectivity index (χ0n) is 11.1. The third-order valence-corrected chi connectivity index (χ3v) is 2.99. The first kappa shape index (κ1) is 15.2. The number of carbonyl (C=O) groups is 1. The lowest BCUT2D eigenvalue weighted by atomic mass is 9.95. The minimum Gasteiger partial charge on any atom is -0.390 e. The standard InChI is InChI=1S/C14H18N2O3/c1-9-11(8-15)4-3-5-12(9)14(19)13(18)6-7-16-10(2)17/h3-5,13-14,18-19H,6-7H2,1-2H3,(H,16,17). The van der Waals surface area contributed by atoms with Gasteiger partial charge in [0, 0.05) is 13.5 Å². The maximum atomic E-state index is 10.7. The molecule has 0 saturated heterocycles. The first-order valence-corrected chi connectivity index (χ1v) is 6.07. The van der Waals surface area contributed by atoms with Crippen LogP contribution in [0.3, 0.4) is 0 Å². The van der Waals surface area contributed by atoms with Gasteiger partial charge in [0.2, 0.25) is 5.91 Å². The molecule has 0 aliphatic heterocycles. The SMILES string of the molecule is CC(=O)NCCC(O)C(O)c1cccc(C#N)c1C. The van der Waals surface area contributed by atoms with Crippen LogP contribution < -0.4 is 5.32 Å². The highest BCUT2D eigenvalue weighted by atomic mass is 16.3. The fraction of sp³-hybridized carbons (Fsp3) is 0.429. The minimum atomic E-state index is -1.07. The van der Waals surface area contributed by atoms with Crippen LogP contribution in [0.15, 0.2) is 18.2 Å². The molecule has 0 spiro atoms. The molecule has 1 rings (SSSR count). The molecule has 5 nitrogen and oxygen atoms in total. The number of nitrogens with zero attached hydrogens (tertiary/aromatic N) is 1. The number of benzene rings is 1. The van der Waals surface area contributed by atoms with E-state index in [2.05, 4.69) is 5.32 Å². The molecular weight excluding hydrogens is 244 g/mol. The van der Waals surface area contributed by atoms with Crippen LogP contribution in [0.2, 0.25) is 0 Å². The summed E-state index contributed by atoms with van der Waals surface area (Å²) in [6.45, 7) is 3.42. The van der Waals surface area contributed by atoms with Gasteiger partial charge in [0.15, 0.2) is 0 Å². The quantitative estimate of drug-likeness (QED) is 0.731. The van der Waals surface area contributed by atoms with Crippen LogP contribution in [0.25, 0.3) is 0 Å². The van der Waals surface area contributed by atoms with Crippen molar-refractivity contribution in [3.05, 3.63) is 34.9 Å². The van der Waals surface area contributed by atoms with Crippen LogP contribution in [0.4, 0.5) is 0 Å². The monoisotopic (exact) mass is 262 g/mol.